The average molecular weight is 288 g/mol. The summed E-state index contributed by atoms with van der Waals surface area (Å²) in [7, 11) is 0. The lowest BCUT2D eigenvalue weighted by Crippen LogP contribution is -2.45. The molecule has 0 bridgehead atoms. The van der Waals surface area contributed by atoms with Gasteiger partial charge in [-0.25, -0.2) is 0 Å². The van der Waals surface area contributed by atoms with Crippen LogP contribution in [0.1, 0.15) is 39.2 Å². The first-order valence-electron chi connectivity index (χ1n) is 6.15. The van der Waals surface area contributed by atoms with Crippen molar-refractivity contribution < 1.29 is 4.79 Å². The molecule has 0 saturated heterocycles. The Kier molecular flexibility index (Phi) is 5.48. The Morgan fingerprint density at radius 3 is 2.17 bits per heavy atom. The summed E-state index contributed by atoms with van der Waals surface area (Å²) in [6, 6.07) is 5.26. The third-order valence-electron chi connectivity index (χ3n) is 3.40. The number of nitrogens with one attached hydrogen (secondary N) is 1. The highest BCUT2D eigenvalue weighted by Crippen LogP contribution is 2.25. The van der Waals surface area contributed by atoms with Gasteiger partial charge in [-0.3, -0.25) is 4.79 Å². The molecule has 1 aromatic rings. The highest BCUT2D eigenvalue weighted by atomic mass is 35.5. The number of amides is 1. The summed E-state index contributed by atoms with van der Waals surface area (Å²) >= 11 is 12.1. The first-order chi connectivity index (χ1) is 8.41. The van der Waals surface area contributed by atoms with E-state index in [-0.39, 0.29) is 17.9 Å². The number of rotatable bonds is 5. The highest BCUT2D eigenvalue weighted by molar-refractivity contribution is 6.36. The van der Waals surface area contributed by atoms with E-state index in [1.807, 2.05) is 6.92 Å². The largest absolute Gasteiger partial charge is 0.351 e. The second-order valence-electron chi connectivity index (χ2n) is 4.69. The molecule has 1 N–H and O–H groups in total. The lowest BCUT2D eigenvalue weighted by molar-refractivity contribution is -0.122. The molecule has 1 rings (SSSR count). The summed E-state index contributed by atoms with van der Waals surface area (Å²) in [4.78, 5) is 12.0. The van der Waals surface area contributed by atoms with Gasteiger partial charge in [0.2, 0.25) is 5.91 Å². The maximum Gasteiger partial charge on any atom is 0.224 e. The molecule has 1 aromatic carbocycles. The fraction of sp³-hybridized carbons (Fsp3) is 0.500. The molecule has 0 aliphatic heterocycles. The van der Waals surface area contributed by atoms with E-state index >= 15 is 0 Å². The molecular formula is C14H19Cl2NO. The van der Waals surface area contributed by atoms with Gasteiger partial charge in [0, 0.05) is 15.6 Å². The molecule has 0 unspecified atom stereocenters. The molecule has 0 heterocycles. The Balaban J connectivity index is 2.77. The fourth-order valence-corrected chi connectivity index (χ4v) is 2.20. The molecule has 4 heteroatoms. The minimum atomic E-state index is -0.162. The van der Waals surface area contributed by atoms with Crippen LogP contribution in [0.15, 0.2) is 18.2 Å². The monoisotopic (exact) mass is 287 g/mol. The molecule has 0 aliphatic carbocycles. The summed E-state index contributed by atoms with van der Waals surface area (Å²) in [5.41, 5.74) is 0.526. The molecule has 0 spiro atoms. The standard InChI is InChI=1S/C14H19Cl2NO/c1-4-14(3,5-2)17-13(18)9-10-11(15)7-6-8-12(10)16/h6-8H,4-5,9H2,1-3H3,(H,17,18). The van der Waals surface area contributed by atoms with Crippen LogP contribution in [-0.2, 0) is 11.2 Å². The lowest BCUT2D eigenvalue weighted by atomic mass is 9.95. The van der Waals surface area contributed by atoms with Gasteiger partial charge in [-0.05, 0) is 37.5 Å². The molecule has 0 aromatic heterocycles. The SMILES string of the molecule is CCC(C)(CC)NC(=O)Cc1c(Cl)cccc1Cl. The van der Waals surface area contributed by atoms with Crippen molar-refractivity contribution in [3.05, 3.63) is 33.8 Å². The molecular weight excluding hydrogens is 269 g/mol. The fourth-order valence-electron chi connectivity index (χ4n) is 1.67. The van der Waals surface area contributed by atoms with Gasteiger partial charge in [-0.2, -0.15) is 0 Å². The molecule has 0 aliphatic rings. The molecule has 0 saturated carbocycles. The van der Waals surface area contributed by atoms with E-state index in [4.69, 9.17) is 23.2 Å². The Morgan fingerprint density at radius 1 is 1.22 bits per heavy atom. The van der Waals surface area contributed by atoms with E-state index in [2.05, 4.69) is 19.2 Å². The summed E-state index contributed by atoms with van der Waals surface area (Å²) in [5.74, 6) is -0.0452. The van der Waals surface area contributed by atoms with Gasteiger partial charge in [-0.15, -0.1) is 0 Å². The van der Waals surface area contributed by atoms with Gasteiger partial charge in [0.25, 0.3) is 0 Å². The predicted molar refractivity (Wildman–Crippen MR) is 77.3 cm³/mol. The number of benzene rings is 1. The van der Waals surface area contributed by atoms with Crippen molar-refractivity contribution in [2.24, 2.45) is 0 Å². The number of hydrogen-bond donors (Lipinski definition) is 1. The van der Waals surface area contributed by atoms with Crippen molar-refractivity contribution in [2.75, 3.05) is 0 Å². The number of carbonyl (C=O) groups excluding carboxylic acids is 1. The zero-order valence-electron chi connectivity index (χ0n) is 11.0. The van der Waals surface area contributed by atoms with Crippen LogP contribution in [0.5, 0.6) is 0 Å². The number of halogens is 2. The Labute approximate surface area is 119 Å². The van der Waals surface area contributed by atoms with Gasteiger partial charge in [0.1, 0.15) is 0 Å². The Hall–Kier alpha value is -0.730. The Morgan fingerprint density at radius 2 is 1.72 bits per heavy atom. The van der Waals surface area contributed by atoms with Crippen LogP contribution in [0, 0.1) is 0 Å². The molecule has 2 nitrogen and oxygen atoms in total. The van der Waals surface area contributed by atoms with Gasteiger partial charge in [-0.1, -0.05) is 43.1 Å². The van der Waals surface area contributed by atoms with E-state index in [0.717, 1.165) is 12.8 Å². The van der Waals surface area contributed by atoms with Gasteiger partial charge < -0.3 is 5.32 Å². The average Bonchev–Trinajstić information content (AvgIpc) is 2.34. The highest BCUT2D eigenvalue weighted by Gasteiger charge is 2.22. The smallest absolute Gasteiger partial charge is 0.224 e. The normalized spacial score (nSPS) is 11.4. The predicted octanol–water partition coefficient (Wildman–Crippen LogP) is 4.23. The lowest BCUT2D eigenvalue weighted by Gasteiger charge is -2.28. The molecule has 100 valence electrons. The van der Waals surface area contributed by atoms with Crippen molar-refractivity contribution in [3.63, 3.8) is 0 Å². The zero-order valence-corrected chi connectivity index (χ0v) is 12.5. The molecule has 0 fully saturated rings. The molecule has 1 amide bonds. The van der Waals surface area contributed by atoms with Crippen molar-refractivity contribution >= 4 is 29.1 Å². The van der Waals surface area contributed by atoms with Crippen LogP contribution in [0.4, 0.5) is 0 Å². The van der Waals surface area contributed by atoms with Gasteiger partial charge in [0.15, 0.2) is 0 Å². The summed E-state index contributed by atoms with van der Waals surface area (Å²) in [6.07, 6.45) is 2.01. The quantitative estimate of drug-likeness (QED) is 0.863. The zero-order chi connectivity index (χ0) is 13.8. The minimum absolute atomic E-state index is 0.0452. The van der Waals surface area contributed by atoms with Crippen LogP contribution >= 0.6 is 23.2 Å². The van der Waals surface area contributed by atoms with Crippen LogP contribution in [0.2, 0.25) is 10.0 Å². The summed E-state index contributed by atoms with van der Waals surface area (Å²) in [5, 5.41) is 4.11. The van der Waals surface area contributed by atoms with Crippen molar-refractivity contribution in [3.8, 4) is 0 Å². The third kappa shape index (κ3) is 3.89. The summed E-state index contributed by atoms with van der Waals surface area (Å²) in [6.45, 7) is 6.16. The minimum Gasteiger partial charge on any atom is -0.351 e. The first kappa shape index (κ1) is 15.3. The topological polar surface area (TPSA) is 29.1 Å². The van der Waals surface area contributed by atoms with Crippen LogP contribution < -0.4 is 5.32 Å². The Bertz CT molecular complexity index is 408. The summed E-state index contributed by atoms with van der Waals surface area (Å²) < 4.78 is 0. The molecule has 0 radical (unpaired) electrons. The van der Waals surface area contributed by atoms with Crippen LogP contribution in [-0.4, -0.2) is 11.4 Å². The van der Waals surface area contributed by atoms with E-state index in [9.17, 15) is 4.79 Å². The number of hydrogen-bond acceptors (Lipinski definition) is 1. The maximum absolute atomic E-state index is 12.0. The third-order valence-corrected chi connectivity index (χ3v) is 4.11. The van der Waals surface area contributed by atoms with Crippen LogP contribution in [0.25, 0.3) is 0 Å². The first-order valence-corrected chi connectivity index (χ1v) is 6.91. The van der Waals surface area contributed by atoms with E-state index in [1.165, 1.54) is 0 Å². The van der Waals surface area contributed by atoms with Crippen molar-refractivity contribution in [1.82, 2.24) is 5.32 Å². The van der Waals surface area contributed by atoms with E-state index < -0.39 is 0 Å². The maximum atomic E-state index is 12.0. The second-order valence-corrected chi connectivity index (χ2v) is 5.51. The van der Waals surface area contributed by atoms with Crippen molar-refractivity contribution in [2.45, 2.75) is 45.6 Å². The van der Waals surface area contributed by atoms with Crippen LogP contribution in [0.3, 0.4) is 0 Å². The number of carbonyl (C=O) groups is 1. The van der Waals surface area contributed by atoms with Crippen molar-refractivity contribution in [1.29, 1.82) is 0 Å². The molecule has 0 atom stereocenters. The molecule has 18 heavy (non-hydrogen) atoms. The van der Waals surface area contributed by atoms with E-state index in [0.29, 0.717) is 15.6 Å². The van der Waals surface area contributed by atoms with Gasteiger partial charge in [0.05, 0.1) is 6.42 Å². The second kappa shape index (κ2) is 6.44. The van der Waals surface area contributed by atoms with Gasteiger partial charge >= 0.3 is 0 Å². The van der Waals surface area contributed by atoms with E-state index in [1.54, 1.807) is 18.2 Å².